The van der Waals surface area contributed by atoms with Crippen LogP contribution < -0.4 is 5.56 Å². The molecule has 1 saturated heterocycles. The van der Waals surface area contributed by atoms with E-state index in [4.69, 9.17) is 9.72 Å². The zero-order valence-corrected chi connectivity index (χ0v) is 15.6. The van der Waals surface area contributed by atoms with Crippen molar-refractivity contribution in [1.29, 1.82) is 0 Å². The van der Waals surface area contributed by atoms with Gasteiger partial charge in [-0.2, -0.15) is 0 Å². The van der Waals surface area contributed by atoms with Gasteiger partial charge >= 0.3 is 0 Å². The highest BCUT2D eigenvalue weighted by Crippen LogP contribution is 2.36. The number of benzene rings is 1. The number of ether oxygens (including phenoxy) is 1. The molecule has 4 nitrogen and oxygen atoms in total. The summed E-state index contributed by atoms with van der Waals surface area (Å²) in [6, 6.07) is 8.32. The molecule has 0 spiro atoms. The number of aryl methyl sites for hydroxylation is 2. The minimum atomic E-state index is -0.0286. The predicted molar refractivity (Wildman–Crippen MR) is 103 cm³/mol. The van der Waals surface area contributed by atoms with Gasteiger partial charge in [0.1, 0.15) is 10.7 Å². The molecule has 0 unspecified atom stereocenters. The van der Waals surface area contributed by atoms with Crippen LogP contribution in [-0.2, 0) is 4.74 Å². The Kier molecular flexibility index (Phi) is 4.21. The minimum absolute atomic E-state index is 0.0286. The second-order valence-electron chi connectivity index (χ2n) is 6.93. The highest BCUT2D eigenvalue weighted by atomic mass is 32.1. The summed E-state index contributed by atoms with van der Waals surface area (Å²) in [6.45, 7) is 6.94. The molecule has 0 bridgehead atoms. The molecular formula is C20H22N2O2S. The van der Waals surface area contributed by atoms with Gasteiger partial charge in [-0.1, -0.05) is 29.8 Å². The summed E-state index contributed by atoms with van der Waals surface area (Å²) >= 11 is 1.61. The normalized spacial score (nSPS) is 20.9. The summed E-state index contributed by atoms with van der Waals surface area (Å²) in [5.74, 6) is 1.08. The van der Waals surface area contributed by atoms with Crippen molar-refractivity contribution in [3.63, 3.8) is 0 Å². The molecule has 25 heavy (non-hydrogen) atoms. The first-order chi connectivity index (χ1) is 12.0. The van der Waals surface area contributed by atoms with Crippen LogP contribution in [0.15, 0.2) is 29.1 Å². The molecule has 1 aliphatic heterocycles. The predicted octanol–water partition coefficient (Wildman–Crippen LogP) is 4.55. The number of rotatable bonds is 2. The molecule has 0 amide bonds. The third-order valence-corrected chi connectivity index (χ3v) is 5.97. The first-order valence-electron chi connectivity index (χ1n) is 8.75. The van der Waals surface area contributed by atoms with Crippen molar-refractivity contribution < 1.29 is 4.74 Å². The van der Waals surface area contributed by atoms with E-state index in [1.54, 1.807) is 11.3 Å². The second-order valence-corrected chi connectivity index (χ2v) is 8.14. The number of nitrogens with zero attached hydrogens (tertiary/aromatic N) is 1. The molecule has 2 atom stereocenters. The van der Waals surface area contributed by atoms with Gasteiger partial charge in [-0.05, 0) is 39.2 Å². The monoisotopic (exact) mass is 354 g/mol. The maximum absolute atomic E-state index is 12.9. The van der Waals surface area contributed by atoms with Crippen LogP contribution in [0.4, 0.5) is 0 Å². The highest BCUT2D eigenvalue weighted by Gasteiger charge is 2.25. The lowest BCUT2D eigenvalue weighted by Gasteiger charge is -2.26. The number of aromatic nitrogens is 2. The average Bonchev–Trinajstić information content (AvgIpc) is 2.92. The van der Waals surface area contributed by atoms with Crippen molar-refractivity contribution in [1.82, 2.24) is 9.97 Å². The summed E-state index contributed by atoms with van der Waals surface area (Å²) in [7, 11) is 0. The van der Waals surface area contributed by atoms with E-state index in [0.29, 0.717) is 0 Å². The van der Waals surface area contributed by atoms with Crippen LogP contribution in [0.5, 0.6) is 0 Å². The molecular weight excluding hydrogens is 332 g/mol. The Morgan fingerprint density at radius 2 is 2.00 bits per heavy atom. The second kappa shape index (κ2) is 6.39. The van der Waals surface area contributed by atoms with Gasteiger partial charge in [-0.25, -0.2) is 4.98 Å². The summed E-state index contributed by atoms with van der Waals surface area (Å²) in [4.78, 5) is 22.7. The Balaban J connectivity index is 1.84. The zero-order chi connectivity index (χ0) is 17.6. The van der Waals surface area contributed by atoms with Crippen LogP contribution in [0.3, 0.4) is 0 Å². The van der Waals surface area contributed by atoms with E-state index in [-0.39, 0.29) is 17.6 Å². The Morgan fingerprint density at radius 3 is 2.72 bits per heavy atom. The van der Waals surface area contributed by atoms with Gasteiger partial charge in [0.25, 0.3) is 5.56 Å². The van der Waals surface area contributed by atoms with E-state index in [1.807, 2.05) is 0 Å². The first-order valence-corrected chi connectivity index (χ1v) is 9.56. The molecule has 3 aromatic rings. The van der Waals surface area contributed by atoms with Crippen LogP contribution in [-0.4, -0.2) is 22.7 Å². The number of hydrogen-bond acceptors (Lipinski definition) is 4. The molecule has 0 radical (unpaired) electrons. The van der Waals surface area contributed by atoms with Gasteiger partial charge in [0.15, 0.2) is 0 Å². The number of hydrogen-bond donors (Lipinski definition) is 1. The van der Waals surface area contributed by atoms with E-state index in [2.05, 4.69) is 50.0 Å². The number of H-pyrrole nitrogens is 1. The summed E-state index contributed by atoms with van der Waals surface area (Å²) < 4.78 is 5.62. The van der Waals surface area contributed by atoms with Crippen molar-refractivity contribution in [2.75, 3.05) is 6.61 Å². The lowest BCUT2D eigenvalue weighted by Crippen LogP contribution is -2.24. The number of thiophene rings is 1. The molecule has 4 rings (SSSR count). The third-order valence-electron chi connectivity index (χ3n) is 4.97. The van der Waals surface area contributed by atoms with E-state index in [1.165, 1.54) is 5.56 Å². The molecule has 2 aromatic heterocycles. The van der Waals surface area contributed by atoms with E-state index in [0.717, 1.165) is 51.5 Å². The van der Waals surface area contributed by atoms with Crippen molar-refractivity contribution in [2.24, 2.45) is 0 Å². The Morgan fingerprint density at radius 1 is 1.24 bits per heavy atom. The fourth-order valence-electron chi connectivity index (χ4n) is 3.64. The van der Waals surface area contributed by atoms with Crippen LogP contribution in [0.1, 0.15) is 41.9 Å². The van der Waals surface area contributed by atoms with Gasteiger partial charge in [0, 0.05) is 23.0 Å². The lowest BCUT2D eigenvalue weighted by atomic mass is 9.95. The molecule has 1 N–H and O–H groups in total. The highest BCUT2D eigenvalue weighted by molar-refractivity contribution is 7.19. The van der Waals surface area contributed by atoms with Crippen molar-refractivity contribution in [3.05, 3.63) is 50.9 Å². The standard InChI is InChI=1S/C20H22N2O2S/c1-11-4-6-14(7-5-11)16-13(3)25-20-17(16)19(23)21-18(22-20)15-8-9-24-12(2)10-15/h4-7,12,15H,8-10H2,1-3H3,(H,21,22,23)/t12-,15-/m1/s1. The molecule has 1 aliphatic rings. The summed E-state index contributed by atoms with van der Waals surface area (Å²) in [6.07, 6.45) is 2.03. The topological polar surface area (TPSA) is 55.0 Å². The van der Waals surface area contributed by atoms with Crippen molar-refractivity contribution in [3.8, 4) is 11.1 Å². The maximum atomic E-state index is 12.9. The Labute approximate surface area is 150 Å². The number of nitrogens with one attached hydrogen (secondary N) is 1. The largest absolute Gasteiger partial charge is 0.378 e. The lowest BCUT2D eigenvalue weighted by molar-refractivity contribution is 0.0173. The van der Waals surface area contributed by atoms with Crippen LogP contribution in [0, 0.1) is 13.8 Å². The van der Waals surface area contributed by atoms with Crippen molar-refractivity contribution in [2.45, 2.75) is 45.6 Å². The fraction of sp³-hybridized carbons (Fsp3) is 0.400. The smallest absolute Gasteiger partial charge is 0.260 e. The third kappa shape index (κ3) is 3.02. The molecule has 1 fully saturated rings. The van der Waals surface area contributed by atoms with Crippen LogP contribution in [0.2, 0.25) is 0 Å². The van der Waals surface area contributed by atoms with E-state index in [9.17, 15) is 4.79 Å². The van der Waals surface area contributed by atoms with Crippen LogP contribution in [0.25, 0.3) is 21.3 Å². The minimum Gasteiger partial charge on any atom is -0.378 e. The average molecular weight is 354 g/mol. The maximum Gasteiger partial charge on any atom is 0.260 e. The Bertz CT molecular complexity index is 972. The van der Waals surface area contributed by atoms with Gasteiger partial charge in [0.2, 0.25) is 0 Å². The molecule has 5 heteroatoms. The van der Waals surface area contributed by atoms with Gasteiger partial charge in [0.05, 0.1) is 11.5 Å². The molecule has 1 aromatic carbocycles. The summed E-state index contributed by atoms with van der Waals surface area (Å²) in [5, 5.41) is 0.718. The molecule has 3 heterocycles. The Hall–Kier alpha value is -1.98. The van der Waals surface area contributed by atoms with Crippen LogP contribution >= 0.6 is 11.3 Å². The summed E-state index contributed by atoms with van der Waals surface area (Å²) in [5.41, 5.74) is 3.28. The SMILES string of the molecule is Cc1ccc(-c2c(C)sc3nc([C@@H]4CCO[C@H](C)C4)[nH]c(=O)c23)cc1. The van der Waals surface area contributed by atoms with E-state index < -0.39 is 0 Å². The molecule has 0 saturated carbocycles. The number of aromatic amines is 1. The van der Waals surface area contributed by atoms with E-state index >= 15 is 0 Å². The van der Waals surface area contributed by atoms with Gasteiger partial charge in [-0.3, -0.25) is 4.79 Å². The number of fused-ring (bicyclic) bond motifs is 1. The zero-order valence-electron chi connectivity index (χ0n) is 14.8. The molecule has 130 valence electrons. The van der Waals surface area contributed by atoms with Crippen molar-refractivity contribution >= 4 is 21.6 Å². The fourth-order valence-corrected chi connectivity index (χ4v) is 4.70. The first kappa shape index (κ1) is 16.5. The van der Waals surface area contributed by atoms with Gasteiger partial charge < -0.3 is 9.72 Å². The quantitative estimate of drug-likeness (QED) is 0.734. The van der Waals surface area contributed by atoms with Gasteiger partial charge in [-0.15, -0.1) is 11.3 Å². The molecule has 0 aliphatic carbocycles.